The van der Waals surface area contributed by atoms with E-state index in [-0.39, 0.29) is 21.7 Å². The molecule has 0 spiro atoms. The SMILES string of the molecule is O=C1OC(=O)c2c1c1ccccc1n2S(=O)(=O)c1ccccc1. The average Bonchev–Trinajstić information content (AvgIpc) is 3.04. The van der Waals surface area contributed by atoms with Gasteiger partial charge in [0.25, 0.3) is 10.0 Å². The predicted octanol–water partition coefficient (Wildman–Crippen LogP) is 2.19. The zero-order valence-electron chi connectivity index (χ0n) is 11.6. The normalized spacial score (nSPS) is 14.1. The Bertz CT molecular complexity index is 1080. The van der Waals surface area contributed by atoms with Crippen LogP contribution in [0.15, 0.2) is 59.5 Å². The van der Waals surface area contributed by atoms with Crippen LogP contribution in [0.25, 0.3) is 10.9 Å². The molecule has 23 heavy (non-hydrogen) atoms. The number of carbonyl (C=O) groups is 2. The van der Waals surface area contributed by atoms with Crippen LogP contribution in [0, 0.1) is 0 Å². The Morgan fingerprint density at radius 3 is 2.22 bits per heavy atom. The fourth-order valence-corrected chi connectivity index (χ4v) is 4.27. The van der Waals surface area contributed by atoms with E-state index in [2.05, 4.69) is 4.74 Å². The summed E-state index contributed by atoms with van der Waals surface area (Å²) in [5, 5.41) is 0.373. The predicted molar refractivity (Wildman–Crippen MR) is 80.7 cm³/mol. The van der Waals surface area contributed by atoms with E-state index < -0.39 is 22.0 Å². The summed E-state index contributed by atoms with van der Waals surface area (Å²) in [7, 11) is -4.04. The smallest absolute Gasteiger partial charge is 0.364 e. The van der Waals surface area contributed by atoms with Crippen LogP contribution >= 0.6 is 0 Å². The number of hydrogen-bond acceptors (Lipinski definition) is 5. The van der Waals surface area contributed by atoms with Crippen molar-refractivity contribution >= 4 is 32.9 Å². The lowest BCUT2D eigenvalue weighted by Gasteiger charge is -2.09. The molecule has 4 rings (SSSR count). The van der Waals surface area contributed by atoms with E-state index in [4.69, 9.17) is 0 Å². The number of aromatic nitrogens is 1. The van der Waals surface area contributed by atoms with E-state index in [1.807, 2.05) is 0 Å². The van der Waals surface area contributed by atoms with Crippen LogP contribution in [-0.4, -0.2) is 24.3 Å². The summed E-state index contributed by atoms with van der Waals surface area (Å²) in [6.45, 7) is 0. The lowest BCUT2D eigenvalue weighted by Crippen LogP contribution is -2.17. The minimum atomic E-state index is -4.04. The van der Waals surface area contributed by atoms with E-state index in [0.29, 0.717) is 5.39 Å². The van der Waals surface area contributed by atoms with Gasteiger partial charge >= 0.3 is 11.9 Å². The molecular weight excluding hydrogens is 318 g/mol. The Labute approximate surface area is 131 Å². The van der Waals surface area contributed by atoms with E-state index in [1.54, 1.807) is 42.5 Å². The maximum atomic E-state index is 13.0. The van der Waals surface area contributed by atoms with Gasteiger partial charge in [0.05, 0.1) is 10.4 Å². The topological polar surface area (TPSA) is 82.4 Å². The van der Waals surface area contributed by atoms with Gasteiger partial charge in [-0.05, 0) is 18.2 Å². The summed E-state index contributed by atoms with van der Waals surface area (Å²) < 4.78 is 31.4. The molecule has 6 nitrogen and oxygen atoms in total. The Kier molecular flexibility index (Phi) is 2.70. The largest absolute Gasteiger partial charge is 0.384 e. The summed E-state index contributed by atoms with van der Waals surface area (Å²) in [4.78, 5) is 24.0. The monoisotopic (exact) mass is 327 g/mol. The van der Waals surface area contributed by atoms with Crippen molar-refractivity contribution in [3.05, 3.63) is 65.9 Å². The molecule has 0 unspecified atom stereocenters. The zero-order chi connectivity index (χ0) is 16.2. The second-order valence-electron chi connectivity index (χ2n) is 5.00. The number of hydrogen-bond donors (Lipinski definition) is 0. The van der Waals surface area contributed by atoms with Gasteiger partial charge in [-0.2, -0.15) is 0 Å². The molecule has 0 atom stereocenters. The Morgan fingerprint density at radius 2 is 1.48 bits per heavy atom. The summed E-state index contributed by atoms with van der Waals surface area (Å²) in [6.07, 6.45) is 0. The first-order chi connectivity index (χ1) is 11.0. The maximum absolute atomic E-state index is 13.0. The summed E-state index contributed by atoms with van der Waals surface area (Å²) in [5.41, 5.74) is 0.0107. The third-order valence-electron chi connectivity index (χ3n) is 3.70. The molecule has 2 heterocycles. The molecule has 7 heteroatoms. The third kappa shape index (κ3) is 1.77. The van der Waals surface area contributed by atoms with Crippen molar-refractivity contribution in [1.29, 1.82) is 0 Å². The first-order valence-electron chi connectivity index (χ1n) is 6.72. The highest BCUT2D eigenvalue weighted by Crippen LogP contribution is 2.34. The molecule has 1 aliphatic heterocycles. The second kappa shape index (κ2) is 4.53. The van der Waals surface area contributed by atoms with Gasteiger partial charge in [0.2, 0.25) is 0 Å². The molecule has 114 valence electrons. The summed E-state index contributed by atoms with van der Waals surface area (Å²) in [5.74, 6) is -1.79. The van der Waals surface area contributed by atoms with Gasteiger partial charge in [-0.1, -0.05) is 36.4 Å². The number of esters is 2. The third-order valence-corrected chi connectivity index (χ3v) is 5.42. The molecule has 0 radical (unpaired) electrons. The van der Waals surface area contributed by atoms with Crippen LogP contribution in [0.2, 0.25) is 0 Å². The van der Waals surface area contributed by atoms with Gasteiger partial charge in [-0.3, -0.25) is 0 Å². The molecule has 0 N–H and O–H groups in total. The summed E-state index contributed by atoms with van der Waals surface area (Å²) >= 11 is 0. The van der Waals surface area contributed by atoms with E-state index in [1.165, 1.54) is 12.1 Å². The number of rotatable bonds is 2. The number of cyclic esters (lactones) is 2. The molecule has 0 saturated heterocycles. The van der Waals surface area contributed by atoms with Crippen LogP contribution in [0.1, 0.15) is 20.8 Å². The highest BCUT2D eigenvalue weighted by Gasteiger charge is 2.40. The van der Waals surface area contributed by atoms with Crippen molar-refractivity contribution in [1.82, 2.24) is 3.97 Å². The standard InChI is InChI=1S/C16H9NO5S/c18-15-13-11-8-4-5-9-12(11)17(14(13)16(19)22-15)23(20,21)10-6-2-1-3-7-10/h1-9H. The lowest BCUT2D eigenvalue weighted by atomic mass is 10.1. The zero-order valence-corrected chi connectivity index (χ0v) is 12.4. The summed E-state index contributed by atoms with van der Waals surface area (Å²) in [6, 6.07) is 14.2. The van der Waals surface area contributed by atoms with Crippen molar-refractivity contribution in [2.45, 2.75) is 4.90 Å². The minimum Gasteiger partial charge on any atom is -0.384 e. The first kappa shape index (κ1) is 13.7. The number of ether oxygens (including phenoxy) is 1. The molecule has 2 aromatic carbocycles. The highest BCUT2D eigenvalue weighted by atomic mass is 32.2. The average molecular weight is 327 g/mol. The molecule has 3 aromatic rings. The van der Waals surface area contributed by atoms with Crippen LogP contribution in [0.3, 0.4) is 0 Å². The minimum absolute atomic E-state index is 0.00916. The molecule has 0 saturated carbocycles. The van der Waals surface area contributed by atoms with Gasteiger partial charge in [0.15, 0.2) is 5.69 Å². The van der Waals surface area contributed by atoms with Crippen molar-refractivity contribution < 1.29 is 22.7 Å². The first-order valence-corrected chi connectivity index (χ1v) is 8.16. The molecule has 1 aromatic heterocycles. The Balaban J connectivity index is 2.16. The van der Waals surface area contributed by atoms with Crippen LogP contribution in [-0.2, 0) is 14.8 Å². The van der Waals surface area contributed by atoms with Crippen molar-refractivity contribution in [3.63, 3.8) is 0 Å². The van der Waals surface area contributed by atoms with Crippen molar-refractivity contribution in [3.8, 4) is 0 Å². The fourth-order valence-electron chi connectivity index (χ4n) is 2.73. The lowest BCUT2D eigenvalue weighted by molar-refractivity contribution is 0.0441. The molecule has 0 aliphatic carbocycles. The quantitative estimate of drug-likeness (QED) is 0.532. The van der Waals surface area contributed by atoms with Crippen molar-refractivity contribution in [2.75, 3.05) is 0 Å². The van der Waals surface area contributed by atoms with Gasteiger partial charge in [-0.15, -0.1) is 0 Å². The molecule has 0 bridgehead atoms. The Morgan fingerprint density at radius 1 is 0.826 bits per heavy atom. The van der Waals surface area contributed by atoms with E-state index in [9.17, 15) is 18.0 Å². The highest BCUT2D eigenvalue weighted by molar-refractivity contribution is 7.90. The van der Waals surface area contributed by atoms with Crippen molar-refractivity contribution in [2.24, 2.45) is 0 Å². The van der Waals surface area contributed by atoms with E-state index >= 15 is 0 Å². The molecule has 0 amide bonds. The van der Waals surface area contributed by atoms with E-state index in [0.717, 1.165) is 3.97 Å². The van der Waals surface area contributed by atoms with Crippen LogP contribution in [0.4, 0.5) is 0 Å². The number of nitrogens with zero attached hydrogens (tertiary/aromatic N) is 1. The van der Waals surface area contributed by atoms with Crippen LogP contribution < -0.4 is 0 Å². The molecule has 0 fully saturated rings. The maximum Gasteiger partial charge on any atom is 0.364 e. The number of benzene rings is 2. The van der Waals surface area contributed by atoms with Crippen LogP contribution in [0.5, 0.6) is 0 Å². The van der Waals surface area contributed by atoms with Gasteiger partial charge in [0.1, 0.15) is 5.56 Å². The fraction of sp³-hybridized carbons (Fsp3) is 0. The second-order valence-corrected chi connectivity index (χ2v) is 6.79. The Hall–Kier alpha value is -2.93. The molecular formula is C16H9NO5S. The molecule has 1 aliphatic rings. The van der Waals surface area contributed by atoms with Gasteiger partial charge in [0, 0.05) is 5.39 Å². The number of fused-ring (bicyclic) bond motifs is 3. The van der Waals surface area contributed by atoms with Gasteiger partial charge < -0.3 is 4.74 Å². The number of carbonyl (C=O) groups excluding carboxylic acids is 2. The number of para-hydroxylation sites is 1. The van der Waals surface area contributed by atoms with Gasteiger partial charge in [-0.25, -0.2) is 22.0 Å².